The quantitative estimate of drug-likeness (QED) is 0.503. The molecule has 6 heteroatoms. The molecule has 0 saturated heterocycles. The Morgan fingerprint density at radius 1 is 1.50 bits per heavy atom. The summed E-state index contributed by atoms with van der Waals surface area (Å²) >= 11 is 0.821. The number of nitrogen functional groups attached to an aromatic ring is 1. The summed E-state index contributed by atoms with van der Waals surface area (Å²) in [7, 11) is 0. The van der Waals surface area contributed by atoms with Crippen LogP contribution in [0.1, 0.15) is 6.92 Å². The van der Waals surface area contributed by atoms with Crippen LogP contribution in [0.25, 0.3) is 0 Å². The van der Waals surface area contributed by atoms with Gasteiger partial charge in [-0.3, -0.25) is 4.79 Å². The Kier molecular flexibility index (Phi) is 4.54. The SMILES string of the molecule is CCOC(=O)CSc1c(N)ccc(F)c1F. The van der Waals surface area contributed by atoms with Crippen molar-refractivity contribution in [2.45, 2.75) is 11.8 Å². The molecule has 1 aromatic rings. The molecular formula is C10H11F2NO2S. The second-order valence-electron chi connectivity index (χ2n) is 2.87. The summed E-state index contributed by atoms with van der Waals surface area (Å²) < 4.78 is 30.8. The molecular weight excluding hydrogens is 236 g/mol. The smallest absolute Gasteiger partial charge is 0.316 e. The van der Waals surface area contributed by atoms with Crippen molar-refractivity contribution >= 4 is 23.4 Å². The lowest BCUT2D eigenvalue weighted by Gasteiger charge is -2.06. The maximum Gasteiger partial charge on any atom is 0.316 e. The van der Waals surface area contributed by atoms with Gasteiger partial charge in [-0.05, 0) is 19.1 Å². The summed E-state index contributed by atoms with van der Waals surface area (Å²) in [5, 5.41) is 0. The van der Waals surface area contributed by atoms with Crippen molar-refractivity contribution in [1.82, 2.24) is 0 Å². The van der Waals surface area contributed by atoms with E-state index in [2.05, 4.69) is 4.74 Å². The molecule has 0 atom stereocenters. The first kappa shape index (κ1) is 12.8. The molecule has 0 radical (unpaired) electrons. The number of benzene rings is 1. The molecule has 16 heavy (non-hydrogen) atoms. The van der Waals surface area contributed by atoms with Crippen molar-refractivity contribution in [3.05, 3.63) is 23.8 Å². The van der Waals surface area contributed by atoms with E-state index in [1.807, 2.05) is 0 Å². The maximum absolute atomic E-state index is 13.3. The number of carbonyl (C=O) groups is 1. The number of nitrogens with two attached hydrogens (primary N) is 1. The highest BCUT2D eigenvalue weighted by molar-refractivity contribution is 8.00. The van der Waals surface area contributed by atoms with Crippen LogP contribution in [0.4, 0.5) is 14.5 Å². The number of ether oxygens (including phenoxy) is 1. The van der Waals surface area contributed by atoms with Gasteiger partial charge >= 0.3 is 5.97 Å². The van der Waals surface area contributed by atoms with Gasteiger partial charge in [-0.15, -0.1) is 11.8 Å². The highest BCUT2D eigenvalue weighted by Gasteiger charge is 2.14. The monoisotopic (exact) mass is 247 g/mol. The molecule has 88 valence electrons. The Labute approximate surface area is 96.0 Å². The molecule has 1 aromatic carbocycles. The van der Waals surface area contributed by atoms with Crippen LogP contribution >= 0.6 is 11.8 Å². The van der Waals surface area contributed by atoms with Crippen LogP contribution in [0.15, 0.2) is 17.0 Å². The zero-order chi connectivity index (χ0) is 12.1. The molecule has 0 aliphatic heterocycles. The minimum atomic E-state index is -1.03. The van der Waals surface area contributed by atoms with Crippen molar-refractivity contribution < 1.29 is 18.3 Å². The van der Waals surface area contributed by atoms with Gasteiger partial charge in [-0.25, -0.2) is 8.78 Å². The first-order valence-corrected chi connectivity index (χ1v) is 5.56. The Morgan fingerprint density at radius 3 is 2.81 bits per heavy atom. The zero-order valence-electron chi connectivity index (χ0n) is 8.63. The average molecular weight is 247 g/mol. The molecule has 0 heterocycles. The second kappa shape index (κ2) is 5.69. The Bertz CT molecular complexity index is 399. The van der Waals surface area contributed by atoms with E-state index in [4.69, 9.17) is 5.73 Å². The highest BCUT2D eigenvalue weighted by Crippen LogP contribution is 2.29. The maximum atomic E-state index is 13.3. The molecule has 0 unspecified atom stereocenters. The van der Waals surface area contributed by atoms with Crippen LogP contribution in [-0.4, -0.2) is 18.3 Å². The molecule has 0 aromatic heterocycles. The van der Waals surface area contributed by atoms with Crippen molar-refractivity contribution in [3.8, 4) is 0 Å². The van der Waals surface area contributed by atoms with E-state index >= 15 is 0 Å². The molecule has 0 amide bonds. The van der Waals surface area contributed by atoms with Gasteiger partial charge < -0.3 is 10.5 Å². The van der Waals surface area contributed by atoms with Crippen LogP contribution in [-0.2, 0) is 9.53 Å². The van der Waals surface area contributed by atoms with E-state index in [1.165, 1.54) is 6.07 Å². The molecule has 0 fully saturated rings. The topological polar surface area (TPSA) is 52.3 Å². The Morgan fingerprint density at radius 2 is 2.19 bits per heavy atom. The minimum Gasteiger partial charge on any atom is -0.465 e. The average Bonchev–Trinajstić information content (AvgIpc) is 2.24. The van der Waals surface area contributed by atoms with E-state index in [1.54, 1.807) is 6.92 Å². The number of hydrogen-bond acceptors (Lipinski definition) is 4. The number of anilines is 1. The number of thioether (sulfide) groups is 1. The zero-order valence-corrected chi connectivity index (χ0v) is 9.44. The van der Waals surface area contributed by atoms with E-state index in [0.717, 1.165) is 17.8 Å². The summed E-state index contributed by atoms with van der Waals surface area (Å²) in [6, 6.07) is 2.20. The largest absolute Gasteiger partial charge is 0.465 e. The first-order valence-electron chi connectivity index (χ1n) is 4.58. The molecule has 2 N–H and O–H groups in total. The molecule has 0 spiro atoms. The van der Waals surface area contributed by atoms with Crippen LogP contribution in [0.3, 0.4) is 0 Å². The number of esters is 1. The minimum absolute atomic E-state index is 0.0620. The van der Waals surface area contributed by atoms with E-state index in [9.17, 15) is 13.6 Å². The molecule has 0 aliphatic rings. The summed E-state index contributed by atoms with van der Waals surface area (Å²) in [5.41, 5.74) is 5.58. The fraction of sp³-hybridized carbons (Fsp3) is 0.300. The third kappa shape index (κ3) is 3.10. The third-order valence-electron chi connectivity index (χ3n) is 1.72. The predicted molar refractivity (Wildman–Crippen MR) is 58.1 cm³/mol. The summed E-state index contributed by atoms with van der Waals surface area (Å²) in [6.07, 6.45) is 0. The van der Waals surface area contributed by atoms with Crippen LogP contribution in [0.5, 0.6) is 0 Å². The van der Waals surface area contributed by atoms with Gasteiger partial charge in [0.05, 0.1) is 17.3 Å². The number of rotatable bonds is 4. The van der Waals surface area contributed by atoms with Gasteiger partial charge in [0.15, 0.2) is 11.6 Å². The molecule has 3 nitrogen and oxygen atoms in total. The lowest BCUT2D eigenvalue weighted by Crippen LogP contribution is -2.07. The van der Waals surface area contributed by atoms with Crippen LogP contribution in [0, 0.1) is 11.6 Å². The van der Waals surface area contributed by atoms with Gasteiger partial charge in [-0.1, -0.05) is 0 Å². The Balaban J connectivity index is 2.74. The van der Waals surface area contributed by atoms with Crippen molar-refractivity contribution in [2.75, 3.05) is 18.1 Å². The lowest BCUT2D eigenvalue weighted by molar-refractivity contribution is -0.139. The van der Waals surface area contributed by atoms with Crippen LogP contribution < -0.4 is 5.73 Å². The third-order valence-corrected chi connectivity index (χ3v) is 2.80. The lowest BCUT2D eigenvalue weighted by atomic mass is 10.3. The summed E-state index contributed by atoms with van der Waals surface area (Å²) in [6.45, 7) is 1.92. The van der Waals surface area contributed by atoms with Crippen molar-refractivity contribution in [2.24, 2.45) is 0 Å². The molecule has 0 aliphatic carbocycles. The van der Waals surface area contributed by atoms with Gasteiger partial charge in [0.2, 0.25) is 0 Å². The number of halogens is 2. The predicted octanol–water partition coefficient (Wildman–Crippen LogP) is 2.20. The van der Waals surface area contributed by atoms with Gasteiger partial charge in [0.1, 0.15) is 0 Å². The molecule has 0 saturated carbocycles. The Hall–Kier alpha value is -1.30. The molecule has 0 bridgehead atoms. The standard InChI is InChI=1S/C10H11F2NO2S/c1-2-15-8(14)5-16-10-7(13)4-3-6(11)9(10)12/h3-4H,2,5,13H2,1H3. The van der Waals surface area contributed by atoms with Crippen LogP contribution in [0.2, 0.25) is 0 Å². The number of carbonyl (C=O) groups excluding carboxylic acids is 1. The fourth-order valence-electron chi connectivity index (χ4n) is 1.03. The summed E-state index contributed by atoms with van der Waals surface area (Å²) in [5.74, 6) is -2.61. The highest BCUT2D eigenvalue weighted by atomic mass is 32.2. The normalized spacial score (nSPS) is 10.2. The van der Waals surface area contributed by atoms with Crippen molar-refractivity contribution in [1.29, 1.82) is 0 Å². The van der Waals surface area contributed by atoms with Gasteiger partial charge in [0.25, 0.3) is 0 Å². The fourth-order valence-corrected chi connectivity index (χ4v) is 1.83. The van der Waals surface area contributed by atoms with E-state index in [-0.39, 0.29) is 22.9 Å². The number of hydrogen-bond donors (Lipinski definition) is 1. The molecule has 1 rings (SSSR count). The van der Waals surface area contributed by atoms with E-state index < -0.39 is 17.6 Å². The first-order chi connectivity index (χ1) is 7.56. The van der Waals surface area contributed by atoms with Gasteiger partial charge in [0, 0.05) is 5.69 Å². The second-order valence-corrected chi connectivity index (χ2v) is 3.86. The van der Waals surface area contributed by atoms with Gasteiger partial charge in [-0.2, -0.15) is 0 Å². The van der Waals surface area contributed by atoms with E-state index in [0.29, 0.717) is 0 Å². The van der Waals surface area contributed by atoms with Crippen molar-refractivity contribution in [3.63, 3.8) is 0 Å². The summed E-state index contributed by atoms with van der Waals surface area (Å²) in [4.78, 5) is 11.0.